The second-order valence-electron chi connectivity index (χ2n) is 5.21. The number of halogens is 1. The molecule has 0 spiro atoms. The average Bonchev–Trinajstić information content (AvgIpc) is 2.67. The lowest BCUT2D eigenvalue weighted by Gasteiger charge is -2.12. The summed E-state index contributed by atoms with van der Waals surface area (Å²) >= 11 is 0. The van der Waals surface area contributed by atoms with Gasteiger partial charge in [-0.25, -0.2) is 9.37 Å². The van der Waals surface area contributed by atoms with E-state index >= 15 is 0 Å². The van der Waals surface area contributed by atoms with E-state index in [1.54, 1.807) is 30.5 Å². The van der Waals surface area contributed by atoms with Crippen molar-refractivity contribution in [1.82, 2.24) is 9.97 Å². The van der Waals surface area contributed by atoms with Crippen molar-refractivity contribution < 1.29 is 9.13 Å². The molecule has 0 atom stereocenters. The van der Waals surface area contributed by atoms with Crippen LogP contribution in [0.2, 0.25) is 0 Å². The van der Waals surface area contributed by atoms with Crippen LogP contribution in [0.1, 0.15) is 5.56 Å². The van der Waals surface area contributed by atoms with Gasteiger partial charge in [0.25, 0.3) is 0 Å². The Bertz CT molecular complexity index is 905. The van der Waals surface area contributed by atoms with Crippen molar-refractivity contribution in [2.75, 3.05) is 13.2 Å². The van der Waals surface area contributed by atoms with E-state index in [1.807, 2.05) is 12.1 Å². The number of nitriles is 1. The zero-order valence-electron chi connectivity index (χ0n) is 13.3. The van der Waals surface area contributed by atoms with Crippen molar-refractivity contribution in [2.24, 2.45) is 5.73 Å². The van der Waals surface area contributed by atoms with E-state index in [-0.39, 0.29) is 23.9 Å². The third kappa shape index (κ3) is 3.62. The Morgan fingerprint density at radius 1 is 1.12 bits per heavy atom. The lowest BCUT2D eigenvalue weighted by atomic mass is 10.00. The fraction of sp³-hybridized carbons (Fsp3) is 0.105. The van der Waals surface area contributed by atoms with Gasteiger partial charge in [-0.05, 0) is 35.9 Å². The summed E-state index contributed by atoms with van der Waals surface area (Å²) in [5, 5.41) is 9.59. The van der Waals surface area contributed by atoms with Gasteiger partial charge in [0.15, 0.2) is 0 Å². The fourth-order valence-corrected chi connectivity index (χ4v) is 2.39. The Kier molecular flexibility index (Phi) is 4.97. The highest BCUT2D eigenvalue weighted by Gasteiger charge is 2.17. The quantitative estimate of drug-likeness (QED) is 0.775. The van der Waals surface area contributed by atoms with Crippen LogP contribution in [0.3, 0.4) is 0 Å². The van der Waals surface area contributed by atoms with E-state index < -0.39 is 0 Å². The smallest absolute Gasteiger partial charge is 0.232 e. The van der Waals surface area contributed by atoms with Crippen molar-refractivity contribution in [3.05, 3.63) is 66.1 Å². The summed E-state index contributed by atoms with van der Waals surface area (Å²) in [6, 6.07) is 15.3. The molecule has 3 rings (SSSR count). The first-order valence-electron chi connectivity index (χ1n) is 7.68. The molecular weight excluding hydrogens is 319 g/mol. The first kappa shape index (κ1) is 16.6. The molecule has 0 aliphatic heterocycles. The maximum Gasteiger partial charge on any atom is 0.232 e. The molecule has 0 unspecified atom stereocenters. The largest absolute Gasteiger partial charge is 0.475 e. The monoisotopic (exact) mass is 334 g/mol. The third-order valence-electron chi connectivity index (χ3n) is 3.54. The molecular formula is C19H15FN4O. The molecule has 0 aliphatic carbocycles. The zero-order valence-corrected chi connectivity index (χ0v) is 13.3. The molecule has 0 radical (unpaired) electrons. The maximum atomic E-state index is 13.2. The number of hydrogen-bond acceptors (Lipinski definition) is 5. The van der Waals surface area contributed by atoms with Crippen LogP contribution in [0.4, 0.5) is 4.39 Å². The Balaban J connectivity index is 2.20. The molecule has 2 aromatic heterocycles. The van der Waals surface area contributed by atoms with Gasteiger partial charge in [0.2, 0.25) is 5.88 Å². The Morgan fingerprint density at radius 3 is 2.56 bits per heavy atom. The van der Waals surface area contributed by atoms with E-state index in [2.05, 4.69) is 16.0 Å². The van der Waals surface area contributed by atoms with Crippen molar-refractivity contribution >= 4 is 0 Å². The number of benzene rings is 1. The summed E-state index contributed by atoms with van der Waals surface area (Å²) in [4.78, 5) is 8.71. The van der Waals surface area contributed by atoms with Crippen LogP contribution in [-0.2, 0) is 0 Å². The molecule has 0 saturated heterocycles. The SMILES string of the molecule is N#Cc1c(-c2ccc(F)cc2)cc(-c2ccccn2)nc1OCCN. The minimum atomic E-state index is -0.346. The highest BCUT2D eigenvalue weighted by Crippen LogP contribution is 2.32. The summed E-state index contributed by atoms with van der Waals surface area (Å²) in [5.41, 5.74) is 8.27. The molecule has 0 aliphatic rings. The number of nitrogens with two attached hydrogens (primary N) is 1. The van der Waals surface area contributed by atoms with Crippen LogP contribution in [0, 0.1) is 17.1 Å². The van der Waals surface area contributed by atoms with Crippen molar-refractivity contribution in [2.45, 2.75) is 0 Å². The highest BCUT2D eigenvalue weighted by atomic mass is 19.1. The third-order valence-corrected chi connectivity index (χ3v) is 3.54. The zero-order chi connectivity index (χ0) is 17.6. The standard InChI is InChI=1S/C19H15FN4O/c20-14-6-4-13(5-7-14)15-11-18(17-3-1-2-9-23-17)24-19(16(15)12-22)25-10-8-21/h1-7,9,11H,8,10,21H2. The van der Waals surface area contributed by atoms with E-state index in [1.165, 1.54) is 12.1 Å². The molecule has 1 aromatic carbocycles. The van der Waals surface area contributed by atoms with E-state index in [0.29, 0.717) is 29.1 Å². The molecule has 2 heterocycles. The summed E-state index contributed by atoms with van der Waals surface area (Å²) in [6.07, 6.45) is 1.66. The summed E-state index contributed by atoms with van der Waals surface area (Å²) in [5.74, 6) is -0.156. The molecule has 0 amide bonds. The van der Waals surface area contributed by atoms with E-state index in [4.69, 9.17) is 10.5 Å². The second-order valence-corrected chi connectivity index (χ2v) is 5.21. The normalized spacial score (nSPS) is 10.3. The van der Waals surface area contributed by atoms with Gasteiger partial charge in [0.1, 0.15) is 24.1 Å². The van der Waals surface area contributed by atoms with Crippen molar-refractivity contribution in [3.8, 4) is 34.5 Å². The lowest BCUT2D eigenvalue weighted by molar-refractivity contribution is 0.315. The number of nitrogens with zero attached hydrogens (tertiary/aromatic N) is 3. The first-order valence-corrected chi connectivity index (χ1v) is 7.68. The molecule has 2 N–H and O–H groups in total. The van der Waals surface area contributed by atoms with Crippen LogP contribution in [0.5, 0.6) is 5.88 Å². The molecule has 3 aromatic rings. The van der Waals surface area contributed by atoms with E-state index in [0.717, 1.165) is 0 Å². The van der Waals surface area contributed by atoms with Crippen LogP contribution in [-0.4, -0.2) is 23.1 Å². The summed E-state index contributed by atoms with van der Waals surface area (Å²) < 4.78 is 18.8. The van der Waals surface area contributed by atoms with Crippen LogP contribution < -0.4 is 10.5 Å². The van der Waals surface area contributed by atoms with Crippen LogP contribution in [0.25, 0.3) is 22.5 Å². The number of hydrogen-bond donors (Lipinski definition) is 1. The van der Waals surface area contributed by atoms with Crippen LogP contribution >= 0.6 is 0 Å². The number of aromatic nitrogens is 2. The molecule has 25 heavy (non-hydrogen) atoms. The maximum absolute atomic E-state index is 13.2. The fourth-order valence-electron chi connectivity index (χ4n) is 2.39. The predicted molar refractivity (Wildman–Crippen MR) is 92.1 cm³/mol. The summed E-state index contributed by atoms with van der Waals surface area (Å²) in [6.45, 7) is 0.530. The Morgan fingerprint density at radius 2 is 1.92 bits per heavy atom. The average molecular weight is 334 g/mol. The van der Waals surface area contributed by atoms with Gasteiger partial charge in [-0.3, -0.25) is 4.98 Å². The van der Waals surface area contributed by atoms with Crippen LogP contribution in [0.15, 0.2) is 54.7 Å². The van der Waals surface area contributed by atoms with Gasteiger partial charge in [-0.2, -0.15) is 5.26 Å². The van der Waals surface area contributed by atoms with Crippen molar-refractivity contribution in [3.63, 3.8) is 0 Å². The van der Waals surface area contributed by atoms with E-state index in [9.17, 15) is 9.65 Å². The van der Waals surface area contributed by atoms with Gasteiger partial charge < -0.3 is 10.5 Å². The number of rotatable bonds is 5. The lowest BCUT2D eigenvalue weighted by Crippen LogP contribution is -2.12. The number of pyridine rings is 2. The molecule has 0 bridgehead atoms. The molecule has 5 nitrogen and oxygen atoms in total. The molecule has 0 saturated carbocycles. The van der Waals surface area contributed by atoms with Gasteiger partial charge in [0, 0.05) is 18.3 Å². The molecule has 6 heteroatoms. The second kappa shape index (κ2) is 7.51. The minimum Gasteiger partial charge on any atom is -0.475 e. The van der Waals surface area contributed by atoms with Gasteiger partial charge in [-0.1, -0.05) is 18.2 Å². The Hall–Kier alpha value is -3.30. The minimum absolute atomic E-state index is 0.190. The van der Waals surface area contributed by atoms with Gasteiger partial charge >= 0.3 is 0 Å². The van der Waals surface area contributed by atoms with Crippen molar-refractivity contribution in [1.29, 1.82) is 5.26 Å². The van der Waals surface area contributed by atoms with Gasteiger partial charge in [-0.15, -0.1) is 0 Å². The molecule has 124 valence electrons. The highest BCUT2D eigenvalue weighted by molar-refractivity contribution is 5.77. The predicted octanol–water partition coefficient (Wildman–Crippen LogP) is 3.16. The topological polar surface area (TPSA) is 84.8 Å². The Labute approximate surface area is 144 Å². The first-order chi connectivity index (χ1) is 12.2. The summed E-state index contributed by atoms with van der Waals surface area (Å²) in [7, 11) is 0. The number of ether oxygens (including phenoxy) is 1. The molecule has 0 fully saturated rings. The van der Waals surface area contributed by atoms with Gasteiger partial charge in [0.05, 0.1) is 11.4 Å².